The van der Waals surface area contributed by atoms with Crippen LogP contribution in [0.1, 0.15) is 39.5 Å². The molecule has 5 heteroatoms. The van der Waals surface area contributed by atoms with E-state index in [4.69, 9.17) is 4.42 Å². The number of furan rings is 1. The Morgan fingerprint density at radius 2 is 1.95 bits per heavy atom. The largest absolute Gasteiger partial charge is 0.508 e. The summed E-state index contributed by atoms with van der Waals surface area (Å²) in [6, 6.07) is 7.63. The molecule has 3 rings (SSSR count). The van der Waals surface area contributed by atoms with E-state index in [-0.39, 0.29) is 17.3 Å². The van der Waals surface area contributed by atoms with Gasteiger partial charge in [-0.3, -0.25) is 9.59 Å². The van der Waals surface area contributed by atoms with Crippen LogP contribution in [0.25, 0.3) is 0 Å². The molecule has 0 radical (unpaired) electrons. The number of phenolic OH excluding ortho intramolecular Hbond substituents is 1. The van der Waals surface area contributed by atoms with Crippen molar-refractivity contribution in [1.82, 2.24) is 0 Å². The van der Waals surface area contributed by atoms with Gasteiger partial charge in [-0.25, -0.2) is 0 Å². The average Bonchev–Trinajstić information content (AvgIpc) is 2.87. The molecule has 20 heavy (non-hydrogen) atoms. The van der Waals surface area contributed by atoms with E-state index in [2.05, 4.69) is 5.32 Å². The van der Waals surface area contributed by atoms with Gasteiger partial charge in [-0.2, -0.15) is 0 Å². The van der Waals surface area contributed by atoms with Gasteiger partial charge in [-0.1, -0.05) is 0 Å². The first-order valence-corrected chi connectivity index (χ1v) is 6.40. The van der Waals surface area contributed by atoms with Gasteiger partial charge in [0.05, 0.1) is 5.56 Å². The standard InChI is InChI=1S/C15H13NO4/c17-10-6-4-9(5-7-10)16-15(19)14-8-11-12(18)2-1-3-13(11)20-14/h4-8,17H,1-3H2,(H,16,19). The Morgan fingerprint density at radius 1 is 1.20 bits per heavy atom. The van der Waals surface area contributed by atoms with Gasteiger partial charge in [0.25, 0.3) is 5.91 Å². The molecule has 0 fully saturated rings. The summed E-state index contributed by atoms with van der Waals surface area (Å²) in [6.07, 6.45) is 1.96. The monoisotopic (exact) mass is 271 g/mol. The quantitative estimate of drug-likeness (QED) is 0.823. The van der Waals surface area contributed by atoms with Crippen molar-refractivity contribution < 1.29 is 19.1 Å². The van der Waals surface area contributed by atoms with Gasteiger partial charge in [0.1, 0.15) is 11.5 Å². The summed E-state index contributed by atoms with van der Waals surface area (Å²) in [7, 11) is 0. The van der Waals surface area contributed by atoms with Crippen LogP contribution in [0.3, 0.4) is 0 Å². The molecule has 1 heterocycles. The zero-order valence-corrected chi connectivity index (χ0v) is 10.7. The van der Waals surface area contributed by atoms with Crippen LogP contribution < -0.4 is 5.32 Å². The van der Waals surface area contributed by atoms with E-state index in [1.807, 2.05) is 0 Å². The molecule has 0 unspecified atom stereocenters. The molecular weight excluding hydrogens is 258 g/mol. The number of amides is 1. The van der Waals surface area contributed by atoms with Crippen molar-refractivity contribution in [3.8, 4) is 5.75 Å². The van der Waals surface area contributed by atoms with Crippen LogP contribution >= 0.6 is 0 Å². The van der Waals surface area contributed by atoms with Gasteiger partial charge in [0, 0.05) is 24.6 Å². The number of benzene rings is 1. The van der Waals surface area contributed by atoms with Crippen molar-refractivity contribution >= 4 is 17.4 Å². The Bertz CT molecular complexity index is 670. The number of carbonyl (C=O) groups is 2. The summed E-state index contributed by atoms with van der Waals surface area (Å²) < 4.78 is 5.45. The molecule has 1 amide bonds. The van der Waals surface area contributed by atoms with Crippen molar-refractivity contribution in [2.24, 2.45) is 0 Å². The van der Waals surface area contributed by atoms with Crippen LogP contribution in [-0.2, 0) is 6.42 Å². The Kier molecular flexibility index (Phi) is 3.02. The molecule has 2 aromatic rings. The molecule has 0 saturated heterocycles. The fraction of sp³-hybridized carbons (Fsp3) is 0.200. The molecule has 5 nitrogen and oxygen atoms in total. The summed E-state index contributed by atoms with van der Waals surface area (Å²) in [5.74, 6) is 0.481. The lowest BCUT2D eigenvalue weighted by atomic mass is 9.97. The molecule has 0 saturated carbocycles. The predicted molar refractivity (Wildman–Crippen MR) is 72.0 cm³/mol. The molecule has 2 N–H and O–H groups in total. The number of anilines is 1. The summed E-state index contributed by atoms with van der Waals surface area (Å²) in [5, 5.41) is 11.8. The SMILES string of the molecule is O=C(Nc1ccc(O)cc1)c1cc2c(o1)CCCC2=O. The number of nitrogens with one attached hydrogen (secondary N) is 1. The maximum absolute atomic E-state index is 12.0. The average molecular weight is 271 g/mol. The van der Waals surface area contributed by atoms with Crippen molar-refractivity contribution in [3.05, 3.63) is 47.4 Å². The lowest BCUT2D eigenvalue weighted by Gasteiger charge is -2.06. The minimum absolute atomic E-state index is 0.0266. The molecule has 0 atom stereocenters. The smallest absolute Gasteiger partial charge is 0.291 e. The molecule has 0 spiro atoms. The molecule has 1 aliphatic carbocycles. The van der Waals surface area contributed by atoms with Gasteiger partial charge >= 0.3 is 0 Å². The number of phenols is 1. The van der Waals surface area contributed by atoms with Gasteiger partial charge in [-0.15, -0.1) is 0 Å². The Labute approximate surface area is 115 Å². The van der Waals surface area contributed by atoms with E-state index in [0.717, 1.165) is 6.42 Å². The van der Waals surface area contributed by atoms with Gasteiger partial charge < -0.3 is 14.8 Å². The second-order valence-electron chi connectivity index (χ2n) is 4.73. The van der Waals surface area contributed by atoms with Crippen LogP contribution in [0.5, 0.6) is 5.75 Å². The molecule has 102 valence electrons. The number of Topliss-reactive ketones (excluding diaryl/α,β-unsaturated/α-hetero) is 1. The Balaban J connectivity index is 1.81. The second kappa shape index (κ2) is 4.85. The zero-order chi connectivity index (χ0) is 14.1. The van der Waals surface area contributed by atoms with Crippen molar-refractivity contribution in [2.45, 2.75) is 19.3 Å². The minimum Gasteiger partial charge on any atom is -0.508 e. The summed E-state index contributed by atoms with van der Waals surface area (Å²) in [4.78, 5) is 23.7. The maximum atomic E-state index is 12.0. The fourth-order valence-corrected chi connectivity index (χ4v) is 2.24. The van der Waals surface area contributed by atoms with Crippen LogP contribution in [0.15, 0.2) is 34.7 Å². The second-order valence-corrected chi connectivity index (χ2v) is 4.73. The molecule has 0 aliphatic heterocycles. The normalized spacial score (nSPS) is 13.9. The van der Waals surface area contributed by atoms with E-state index in [1.54, 1.807) is 12.1 Å². The number of hydrogen-bond donors (Lipinski definition) is 2. The third-order valence-corrected chi connectivity index (χ3v) is 3.27. The first-order chi connectivity index (χ1) is 9.63. The van der Waals surface area contributed by atoms with Crippen molar-refractivity contribution in [1.29, 1.82) is 0 Å². The van der Waals surface area contributed by atoms with Crippen molar-refractivity contribution in [3.63, 3.8) is 0 Å². The highest BCUT2D eigenvalue weighted by atomic mass is 16.4. The Hall–Kier alpha value is -2.56. The summed E-state index contributed by atoms with van der Waals surface area (Å²) >= 11 is 0. The number of rotatable bonds is 2. The molecular formula is C15H13NO4. The fourth-order valence-electron chi connectivity index (χ4n) is 2.24. The number of hydrogen-bond acceptors (Lipinski definition) is 4. The lowest BCUT2D eigenvalue weighted by molar-refractivity contribution is 0.0963. The van der Waals surface area contributed by atoms with E-state index in [0.29, 0.717) is 29.9 Å². The summed E-state index contributed by atoms with van der Waals surface area (Å²) in [6.45, 7) is 0. The first kappa shape index (κ1) is 12.5. The van der Waals surface area contributed by atoms with Crippen LogP contribution in [0.2, 0.25) is 0 Å². The predicted octanol–water partition coefficient (Wildman–Crippen LogP) is 2.76. The van der Waals surface area contributed by atoms with E-state index < -0.39 is 5.91 Å². The molecule has 1 aliphatic rings. The lowest BCUT2D eigenvalue weighted by Crippen LogP contribution is -2.10. The molecule has 0 bridgehead atoms. The third kappa shape index (κ3) is 2.30. The van der Waals surface area contributed by atoms with Crippen LogP contribution in [0, 0.1) is 0 Å². The van der Waals surface area contributed by atoms with E-state index >= 15 is 0 Å². The summed E-state index contributed by atoms with van der Waals surface area (Å²) in [5.41, 5.74) is 1.07. The number of carbonyl (C=O) groups excluding carboxylic acids is 2. The zero-order valence-electron chi connectivity index (χ0n) is 10.7. The number of aromatic hydroxyl groups is 1. The molecule has 1 aromatic carbocycles. The Morgan fingerprint density at radius 3 is 2.65 bits per heavy atom. The highest BCUT2D eigenvalue weighted by molar-refractivity contribution is 6.05. The van der Waals surface area contributed by atoms with Crippen LogP contribution in [-0.4, -0.2) is 16.8 Å². The van der Waals surface area contributed by atoms with Crippen molar-refractivity contribution in [2.75, 3.05) is 5.32 Å². The highest BCUT2D eigenvalue weighted by Crippen LogP contribution is 2.25. The number of fused-ring (bicyclic) bond motifs is 1. The van der Waals surface area contributed by atoms with E-state index in [9.17, 15) is 14.7 Å². The highest BCUT2D eigenvalue weighted by Gasteiger charge is 2.24. The maximum Gasteiger partial charge on any atom is 0.291 e. The third-order valence-electron chi connectivity index (χ3n) is 3.27. The van der Waals surface area contributed by atoms with Crippen LogP contribution in [0.4, 0.5) is 5.69 Å². The van der Waals surface area contributed by atoms with Gasteiger partial charge in [0.15, 0.2) is 11.5 Å². The minimum atomic E-state index is -0.405. The molecule has 1 aromatic heterocycles. The topological polar surface area (TPSA) is 79.5 Å². The first-order valence-electron chi connectivity index (χ1n) is 6.40. The van der Waals surface area contributed by atoms with Gasteiger partial charge in [-0.05, 0) is 30.7 Å². The number of aryl methyl sites for hydroxylation is 1. The number of ketones is 1. The van der Waals surface area contributed by atoms with E-state index in [1.165, 1.54) is 18.2 Å². The van der Waals surface area contributed by atoms with Gasteiger partial charge in [0.2, 0.25) is 0 Å².